The van der Waals surface area contributed by atoms with Crippen molar-refractivity contribution in [2.75, 3.05) is 38.6 Å². The summed E-state index contributed by atoms with van der Waals surface area (Å²) in [6.45, 7) is 3.89. The minimum Gasteiger partial charge on any atom is -0.394 e. The van der Waals surface area contributed by atoms with Crippen LogP contribution in [0.25, 0.3) is 0 Å². The Labute approximate surface area is 120 Å². The van der Waals surface area contributed by atoms with Crippen LogP contribution in [0.1, 0.15) is 12.8 Å². The van der Waals surface area contributed by atoms with Crippen molar-refractivity contribution in [1.82, 2.24) is 4.90 Å². The summed E-state index contributed by atoms with van der Waals surface area (Å²) in [5.74, 6) is 1.12. The SMILES string of the molecule is OCCO[C@H]1CCCN(CCSc2ccccc2)C1. The van der Waals surface area contributed by atoms with Gasteiger partial charge < -0.3 is 9.84 Å². The number of ether oxygens (including phenoxy) is 1. The predicted molar refractivity (Wildman–Crippen MR) is 79.7 cm³/mol. The molecule has 1 saturated heterocycles. The molecule has 19 heavy (non-hydrogen) atoms. The third kappa shape index (κ3) is 5.53. The third-order valence-electron chi connectivity index (χ3n) is 3.33. The average Bonchev–Trinajstić information content (AvgIpc) is 2.47. The fourth-order valence-electron chi connectivity index (χ4n) is 2.38. The quantitative estimate of drug-likeness (QED) is 0.777. The molecule has 1 N–H and O–H groups in total. The van der Waals surface area contributed by atoms with Crippen molar-refractivity contribution in [2.45, 2.75) is 23.8 Å². The van der Waals surface area contributed by atoms with E-state index in [0.717, 1.165) is 25.3 Å². The zero-order chi connectivity index (χ0) is 13.3. The van der Waals surface area contributed by atoms with E-state index in [-0.39, 0.29) is 6.61 Å². The summed E-state index contributed by atoms with van der Waals surface area (Å²) in [7, 11) is 0. The minimum atomic E-state index is 0.125. The van der Waals surface area contributed by atoms with Gasteiger partial charge in [0.25, 0.3) is 0 Å². The lowest BCUT2D eigenvalue weighted by Crippen LogP contribution is -2.41. The normalized spacial score (nSPS) is 20.6. The molecule has 1 atom stereocenters. The second-order valence-corrected chi connectivity index (χ2v) is 5.99. The molecule has 0 bridgehead atoms. The van der Waals surface area contributed by atoms with Gasteiger partial charge in [-0.15, -0.1) is 11.8 Å². The van der Waals surface area contributed by atoms with Gasteiger partial charge in [0.05, 0.1) is 19.3 Å². The molecule has 0 amide bonds. The van der Waals surface area contributed by atoms with Crippen LogP contribution in [0.3, 0.4) is 0 Å². The number of rotatable bonds is 7. The molecule has 1 aromatic carbocycles. The molecule has 0 spiro atoms. The highest BCUT2D eigenvalue weighted by atomic mass is 32.2. The van der Waals surface area contributed by atoms with Crippen LogP contribution in [-0.2, 0) is 4.74 Å². The first-order valence-electron chi connectivity index (χ1n) is 7.01. The molecule has 1 fully saturated rings. The number of aliphatic hydroxyl groups is 1. The molecular weight excluding hydrogens is 258 g/mol. The Morgan fingerprint density at radius 1 is 1.32 bits per heavy atom. The number of hydrogen-bond acceptors (Lipinski definition) is 4. The maximum absolute atomic E-state index is 8.79. The fraction of sp³-hybridized carbons (Fsp3) is 0.600. The third-order valence-corrected chi connectivity index (χ3v) is 4.32. The van der Waals surface area contributed by atoms with Crippen LogP contribution in [0.5, 0.6) is 0 Å². The number of likely N-dealkylation sites (tertiary alicyclic amines) is 1. The smallest absolute Gasteiger partial charge is 0.0703 e. The van der Waals surface area contributed by atoms with Gasteiger partial charge in [0.1, 0.15) is 0 Å². The molecule has 1 aliphatic rings. The first kappa shape index (κ1) is 14.9. The number of aliphatic hydroxyl groups excluding tert-OH is 1. The zero-order valence-corrected chi connectivity index (χ0v) is 12.1. The Morgan fingerprint density at radius 2 is 2.16 bits per heavy atom. The first-order chi connectivity index (χ1) is 9.38. The molecule has 2 rings (SSSR count). The first-order valence-corrected chi connectivity index (χ1v) is 7.99. The Bertz CT molecular complexity index is 347. The molecule has 0 radical (unpaired) electrons. The molecule has 106 valence electrons. The standard InChI is InChI=1S/C15H23NO2S/c17-10-11-18-14-5-4-8-16(13-14)9-12-19-15-6-2-1-3-7-15/h1-3,6-7,14,17H,4-5,8-13H2/t14-/m0/s1. The van der Waals surface area contributed by atoms with Crippen LogP contribution in [0, 0.1) is 0 Å². The van der Waals surface area contributed by atoms with Crippen LogP contribution < -0.4 is 0 Å². The van der Waals surface area contributed by atoms with Gasteiger partial charge in [-0.2, -0.15) is 0 Å². The van der Waals surface area contributed by atoms with Gasteiger partial charge in [0.15, 0.2) is 0 Å². The summed E-state index contributed by atoms with van der Waals surface area (Å²) in [6, 6.07) is 10.5. The maximum atomic E-state index is 8.79. The Kier molecular flexibility index (Phi) is 6.71. The highest BCUT2D eigenvalue weighted by molar-refractivity contribution is 7.99. The number of thioether (sulfide) groups is 1. The summed E-state index contributed by atoms with van der Waals surface area (Å²) in [4.78, 5) is 3.81. The van der Waals surface area contributed by atoms with Crippen molar-refractivity contribution in [3.63, 3.8) is 0 Å². The van der Waals surface area contributed by atoms with Crippen molar-refractivity contribution in [3.8, 4) is 0 Å². The predicted octanol–water partition coefficient (Wildman–Crippen LogP) is 2.25. The molecule has 0 aliphatic carbocycles. The van der Waals surface area contributed by atoms with Gasteiger partial charge in [-0.25, -0.2) is 0 Å². The monoisotopic (exact) mass is 281 g/mol. The highest BCUT2D eigenvalue weighted by Gasteiger charge is 2.19. The van der Waals surface area contributed by atoms with Crippen LogP contribution >= 0.6 is 11.8 Å². The van der Waals surface area contributed by atoms with Gasteiger partial charge in [-0.05, 0) is 31.5 Å². The Balaban J connectivity index is 1.65. The number of nitrogens with zero attached hydrogens (tertiary/aromatic N) is 1. The number of hydrogen-bond donors (Lipinski definition) is 1. The molecule has 1 aliphatic heterocycles. The lowest BCUT2D eigenvalue weighted by Gasteiger charge is -2.32. The van der Waals surface area contributed by atoms with Crippen LogP contribution in [0.15, 0.2) is 35.2 Å². The van der Waals surface area contributed by atoms with Gasteiger partial charge in [0, 0.05) is 23.7 Å². The maximum Gasteiger partial charge on any atom is 0.0703 e. The fourth-order valence-corrected chi connectivity index (χ4v) is 3.32. The van der Waals surface area contributed by atoms with Crippen LogP contribution in [0.2, 0.25) is 0 Å². The summed E-state index contributed by atoms with van der Waals surface area (Å²) < 4.78 is 5.63. The molecule has 1 aromatic rings. The lowest BCUT2D eigenvalue weighted by molar-refractivity contribution is -0.0130. The zero-order valence-electron chi connectivity index (χ0n) is 11.3. The van der Waals surface area contributed by atoms with Crippen molar-refractivity contribution >= 4 is 11.8 Å². The van der Waals surface area contributed by atoms with Gasteiger partial charge in [-0.1, -0.05) is 18.2 Å². The summed E-state index contributed by atoms with van der Waals surface area (Å²) in [5, 5.41) is 8.79. The van der Waals surface area contributed by atoms with Crippen molar-refractivity contribution in [2.24, 2.45) is 0 Å². The topological polar surface area (TPSA) is 32.7 Å². The van der Waals surface area contributed by atoms with Gasteiger partial charge >= 0.3 is 0 Å². The molecule has 4 heteroatoms. The summed E-state index contributed by atoms with van der Waals surface area (Å²) in [5.41, 5.74) is 0. The summed E-state index contributed by atoms with van der Waals surface area (Å²) >= 11 is 1.91. The van der Waals surface area contributed by atoms with E-state index in [1.165, 1.54) is 17.9 Å². The molecule has 0 saturated carbocycles. The van der Waals surface area contributed by atoms with E-state index >= 15 is 0 Å². The molecule has 0 unspecified atom stereocenters. The van der Waals surface area contributed by atoms with Crippen LogP contribution in [-0.4, -0.2) is 54.7 Å². The van der Waals surface area contributed by atoms with Crippen molar-refractivity contribution in [1.29, 1.82) is 0 Å². The minimum absolute atomic E-state index is 0.125. The Morgan fingerprint density at radius 3 is 2.95 bits per heavy atom. The van der Waals surface area contributed by atoms with Crippen molar-refractivity contribution in [3.05, 3.63) is 30.3 Å². The highest BCUT2D eigenvalue weighted by Crippen LogP contribution is 2.18. The van der Waals surface area contributed by atoms with E-state index < -0.39 is 0 Å². The molecule has 1 heterocycles. The number of benzene rings is 1. The van der Waals surface area contributed by atoms with Gasteiger partial charge in [-0.3, -0.25) is 4.90 Å². The Hall–Kier alpha value is -0.550. The van der Waals surface area contributed by atoms with E-state index in [9.17, 15) is 0 Å². The average molecular weight is 281 g/mol. The van der Waals surface area contributed by atoms with E-state index in [1.807, 2.05) is 11.8 Å². The molecule has 0 aromatic heterocycles. The van der Waals surface area contributed by atoms with E-state index in [2.05, 4.69) is 35.2 Å². The second-order valence-electron chi connectivity index (χ2n) is 4.82. The summed E-state index contributed by atoms with van der Waals surface area (Å²) in [6.07, 6.45) is 2.64. The van der Waals surface area contributed by atoms with E-state index in [1.54, 1.807) is 0 Å². The van der Waals surface area contributed by atoms with Crippen LogP contribution in [0.4, 0.5) is 0 Å². The molecular formula is C15H23NO2S. The second kappa shape index (κ2) is 8.59. The van der Waals surface area contributed by atoms with Gasteiger partial charge in [0.2, 0.25) is 0 Å². The van der Waals surface area contributed by atoms with Crippen molar-refractivity contribution < 1.29 is 9.84 Å². The molecule has 3 nitrogen and oxygen atoms in total. The van der Waals surface area contributed by atoms with E-state index in [0.29, 0.717) is 12.7 Å². The number of piperidine rings is 1. The largest absolute Gasteiger partial charge is 0.394 e. The van der Waals surface area contributed by atoms with E-state index in [4.69, 9.17) is 9.84 Å². The lowest BCUT2D eigenvalue weighted by atomic mass is 10.1.